The number of hydrogen-bond acceptors (Lipinski definition) is 8. The largest absolute Gasteiger partial charge is 0.372 e. The zero-order valence-corrected chi connectivity index (χ0v) is 25.6. The van der Waals surface area contributed by atoms with Crippen molar-refractivity contribution in [3.63, 3.8) is 0 Å². The van der Waals surface area contributed by atoms with E-state index in [1.165, 1.54) is 0 Å². The van der Waals surface area contributed by atoms with Crippen LogP contribution in [0, 0.1) is 11.8 Å². The number of aliphatic imine (C=N–C) groups is 1. The first-order valence-corrected chi connectivity index (χ1v) is 15.9. The first-order chi connectivity index (χ1) is 19.7. The molecule has 3 saturated heterocycles. The van der Waals surface area contributed by atoms with Crippen LogP contribution in [0.5, 0.6) is 0 Å². The van der Waals surface area contributed by atoms with Crippen LogP contribution in [0.1, 0.15) is 52.9 Å². The Bertz CT molecular complexity index is 919. The van der Waals surface area contributed by atoms with Crippen LogP contribution in [0.15, 0.2) is 16.8 Å². The number of nitrogens with zero attached hydrogens (tertiary/aromatic N) is 4. The minimum absolute atomic E-state index is 0.00337. The Morgan fingerprint density at radius 1 is 1.17 bits per heavy atom. The lowest BCUT2D eigenvalue weighted by Crippen LogP contribution is -2.70. The Morgan fingerprint density at radius 2 is 1.93 bits per heavy atom. The lowest BCUT2D eigenvalue weighted by molar-refractivity contribution is -0.125. The van der Waals surface area contributed by atoms with Crippen molar-refractivity contribution in [1.29, 1.82) is 0 Å². The molecular weight excluding hydrogens is 526 g/mol. The number of nitrogens with one attached hydrogen (secondary N) is 3. The summed E-state index contributed by atoms with van der Waals surface area (Å²) in [6.07, 6.45) is 3.53. The number of carbonyl (C=O) groups is 1. The van der Waals surface area contributed by atoms with E-state index in [4.69, 9.17) is 5.73 Å². The predicted octanol–water partition coefficient (Wildman–Crippen LogP) is 1.51. The molecule has 234 valence electrons. The van der Waals surface area contributed by atoms with Crippen molar-refractivity contribution >= 4 is 11.6 Å². The molecule has 8 atom stereocenters. The third kappa shape index (κ3) is 8.46. The Hall–Kier alpha value is -1.66. The summed E-state index contributed by atoms with van der Waals surface area (Å²) < 4.78 is 30.3. The van der Waals surface area contributed by atoms with Gasteiger partial charge in [-0.3, -0.25) is 19.6 Å². The molecule has 11 heteroatoms. The van der Waals surface area contributed by atoms with Crippen molar-refractivity contribution < 1.29 is 13.6 Å². The molecule has 5 N–H and O–H groups in total. The Balaban J connectivity index is 1.48. The van der Waals surface area contributed by atoms with Gasteiger partial charge in [-0.05, 0) is 26.3 Å². The number of hydrogen-bond donors (Lipinski definition) is 4. The highest BCUT2D eigenvalue weighted by molar-refractivity contribution is 6.04. The molecule has 0 radical (unpaired) electrons. The molecular formula is C30H54F2N8O. The Labute approximate surface area is 245 Å². The first kappa shape index (κ1) is 32.3. The van der Waals surface area contributed by atoms with Crippen molar-refractivity contribution in [3.05, 3.63) is 11.8 Å². The average molecular weight is 581 g/mol. The fraction of sp³-hybridized carbons (Fsp3) is 0.867. The molecule has 4 rings (SSSR count). The number of carbonyl (C=O) groups excluding carboxylic acids is 1. The molecule has 4 heterocycles. The van der Waals surface area contributed by atoms with Crippen LogP contribution in [0.3, 0.4) is 0 Å². The highest BCUT2D eigenvalue weighted by Gasteiger charge is 2.43. The van der Waals surface area contributed by atoms with Crippen LogP contribution in [0.2, 0.25) is 0 Å². The number of alkyl halides is 2. The monoisotopic (exact) mass is 580 g/mol. The lowest BCUT2D eigenvalue weighted by atomic mass is 9.92. The Kier molecular flexibility index (Phi) is 11.9. The molecule has 0 bridgehead atoms. The fourth-order valence-corrected chi connectivity index (χ4v) is 6.99. The number of rotatable bonds is 8. The average Bonchev–Trinajstić information content (AvgIpc) is 2.93. The summed E-state index contributed by atoms with van der Waals surface area (Å²) in [4.78, 5) is 25.4. The van der Waals surface area contributed by atoms with Gasteiger partial charge in [-0.25, -0.2) is 8.78 Å². The van der Waals surface area contributed by atoms with Gasteiger partial charge in [-0.15, -0.1) is 0 Å². The van der Waals surface area contributed by atoms with Gasteiger partial charge >= 0.3 is 0 Å². The lowest BCUT2D eigenvalue weighted by Gasteiger charge is -2.51. The number of nitrogens with two attached hydrogens (primary N) is 1. The fourth-order valence-electron chi connectivity index (χ4n) is 6.99. The summed E-state index contributed by atoms with van der Waals surface area (Å²) in [7, 11) is 2.14. The van der Waals surface area contributed by atoms with Crippen molar-refractivity contribution in [2.45, 2.75) is 89.5 Å². The van der Waals surface area contributed by atoms with E-state index < -0.39 is 36.5 Å². The molecule has 8 unspecified atom stereocenters. The van der Waals surface area contributed by atoms with Crippen LogP contribution in [0.4, 0.5) is 8.78 Å². The van der Waals surface area contributed by atoms with E-state index >= 15 is 4.39 Å². The van der Waals surface area contributed by atoms with Gasteiger partial charge in [-0.1, -0.05) is 39.2 Å². The summed E-state index contributed by atoms with van der Waals surface area (Å²) in [6.45, 7) is 12.4. The third-order valence-electron chi connectivity index (χ3n) is 9.49. The zero-order valence-electron chi connectivity index (χ0n) is 25.6. The number of piperazine rings is 2. The summed E-state index contributed by atoms with van der Waals surface area (Å²) in [5.41, 5.74) is 8.07. The summed E-state index contributed by atoms with van der Waals surface area (Å²) in [6, 6.07) is -0.462. The second-order valence-electron chi connectivity index (χ2n) is 12.7. The smallest absolute Gasteiger partial charge is 0.232 e. The van der Waals surface area contributed by atoms with Gasteiger partial charge in [0.15, 0.2) is 0 Å². The molecule has 0 spiro atoms. The number of piperidine rings is 1. The van der Waals surface area contributed by atoms with Crippen molar-refractivity contribution in [2.75, 3.05) is 66.0 Å². The minimum atomic E-state index is -1.13. The zero-order chi connectivity index (χ0) is 29.5. The molecule has 3 fully saturated rings. The van der Waals surface area contributed by atoms with E-state index in [2.05, 4.69) is 56.5 Å². The summed E-state index contributed by atoms with van der Waals surface area (Å²) in [5, 5.41) is 9.71. The maximum Gasteiger partial charge on any atom is 0.232 e. The SMILES string of the molecule is CCCCCC(C)/C1=C/CC(F)CN=C(C)C(C(=O)NC2CNCC(F)C2N2CCN3CCN(C)CC3C2)C(N)N1. The summed E-state index contributed by atoms with van der Waals surface area (Å²) in [5.74, 6) is -0.907. The molecule has 9 nitrogen and oxygen atoms in total. The third-order valence-corrected chi connectivity index (χ3v) is 9.49. The van der Waals surface area contributed by atoms with Gasteiger partial charge in [0.05, 0.1) is 24.8 Å². The highest BCUT2D eigenvalue weighted by Crippen LogP contribution is 2.24. The van der Waals surface area contributed by atoms with Crippen molar-refractivity contribution in [1.82, 2.24) is 30.7 Å². The van der Waals surface area contributed by atoms with Crippen LogP contribution < -0.4 is 21.7 Å². The van der Waals surface area contributed by atoms with Gasteiger partial charge in [0.1, 0.15) is 18.3 Å². The molecule has 0 saturated carbocycles. The van der Waals surface area contributed by atoms with Crippen LogP contribution in [-0.2, 0) is 4.79 Å². The number of unbranched alkanes of at least 4 members (excludes halogenated alkanes) is 2. The number of halogens is 2. The molecule has 0 aromatic rings. The maximum atomic E-state index is 15.6. The van der Waals surface area contributed by atoms with E-state index in [-0.39, 0.29) is 31.3 Å². The van der Waals surface area contributed by atoms with E-state index in [9.17, 15) is 9.18 Å². The Morgan fingerprint density at radius 3 is 2.71 bits per heavy atom. The van der Waals surface area contributed by atoms with Crippen molar-refractivity contribution in [2.24, 2.45) is 22.6 Å². The van der Waals surface area contributed by atoms with Gasteiger partial charge in [0.2, 0.25) is 5.91 Å². The molecule has 4 aliphatic heterocycles. The van der Waals surface area contributed by atoms with Crippen LogP contribution in [0.25, 0.3) is 0 Å². The summed E-state index contributed by atoms with van der Waals surface area (Å²) >= 11 is 0. The van der Waals surface area contributed by atoms with E-state index in [1.54, 1.807) is 6.92 Å². The maximum absolute atomic E-state index is 15.6. The normalized spacial score (nSPS) is 36.7. The predicted molar refractivity (Wildman–Crippen MR) is 161 cm³/mol. The van der Waals surface area contributed by atoms with Gasteiger partial charge in [0, 0.05) is 76.2 Å². The number of amides is 1. The quantitative estimate of drug-likeness (QED) is 0.323. The number of allylic oxidation sites excluding steroid dienone is 2. The molecule has 0 aromatic carbocycles. The number of fused-ring (bicyclic) bond motifs is 1. The van der Waals surface area contributed by atoms with Crippen LogP contribution in [-0.4, -0.2) is 129 Å². The van der Waals surface area contributed by atoms with Gasteiger partial charge in [0.25, 0.3) is 0 Å². The minimum Gasteiger partial charge on any atom is -0.372 e. The molecule has 41 heavy (non-hydrogen) atoms. The topological polar surface area (TPSA) is 101 Å². The first-order valence-electron chi connectivity index (χ1n) is 15.9. The van der Waals surface area contributed by atoms with Crippen molar-refractivity contribution in [3.8, 4) is 0 Å². The van der Waals surface area contributed by atoms with E-state index in [0.717, 1.165) is 70.6 Å². The number of likely N-dealkylation sites (N-methyl/N-ethyl adjacent to an activating group) is 1. The van der Waals surface area contributed by atoms with Gasteiger partial charge in [-0.2, -0.15) is 0 Å². The second-order valence-corrected chi connectivity index (χ2v) is 12.7. The molecule has 0 aliphatic carbocycles. The standard InChI is InChI=1S/C30H54F2N8O/c1-5-6-7-8-20(2)25-10-9-22(31)15-35-21(3)27(29(33)36-25)30(41)37-26-17-34-16-24(32)28(26)40-14-13-39-12-11-38(4)18-23(39)19-40/h10,20,22-24,26-29,34,36H,5-9,11-19,33H2,1-4H3,(H,37,41)/b25-10-,35-21?. The van der Waals surface area contributed by atoms with Crippen LogP contribution >= 0.6 is 0 Å². The van der Waals surface area contributed by atoms with E-state index in [0.29, 0.717) is 18.3 Å². The molecule has 4 aliphatic rings. The van der Waals surface area contributed by atoms with E-state index in [1.807, 2.05) is 6.08 Å². The molecule has 0 aromatic heterocycles. The molecule has 1 amide bonds. The van der Waals surface area contributed by atoms with Gasteiger partial charge < -0.3 is 26.6 Å². The second kappa shape index (κ2) is 15.2. The highest BCUT2D eigenvalue weighted by atomic mass is 19.1.